The molecular weight excluding hydrogens is 398 g/mol. The van der Waals surface area contributed by atoms with E-state index in [-0.39, 0.29) is 11.6 Å². The Morgan fingerprint density at radius 1 is 0.935 bits per heavy atom. The van der Waals surface area contributed by atoms with E-state index in [1.165, 1.54) is 31.4 Å². The summed E-state index contributed by atoms with van der Waals surface area (Å²) in [5.74, 6) is -1.07. The van der Waals surface area contributed by atoms with Crippen LogP contribution in [0, 0.1) is 11.6 Å². The number of aromatic nitrogens is 1. The van der Waals surface area contributed by atoms with Crippen LogP contribution in [0.1, 0.15) is 27.0 Å². The number of hydrogen-bond acceptors (Lipinski definition) is 2. The van der Waals surface area contributed by atoms with Crippen LogP contribution in [0.25, 0.3) is 22.0 Å². The summed E-state index contributed by atoms with van der Waals surface area (Å²) in [7, 11) is 1.34. The Balaban J connectivity index is 1.77. The number of H-pyrrole nitrogens is 1. The van der Waals surface area contributed by atoms with Crippen molar-refractivity contribution in [3.05, 3.63) is 101 Å². The van der Waals surface area contributed by atoms with Crippen LogP contribution in [-0.4, -0.2) is 24.3 Å². The van der Waals surface area contributed by atoms with Crippen molar-refractivity contribution in [3.8, 4) is 0 Å². The van der Waals surface area contributed by atoms with Crippen molar-refractivity contribution in [1.29, 1.82) is 0 Å². The molecule has 0 radical (unpaired) electrons. The van der Waals surface area contributed by atoms with Gasteiger partial charge in [-0.15, -0.1) is 0 Å². The van der Waals surface area contributed by atoms with Gasteiger partial charge in [-0.1, -0.05) is 12.1 Å². The van der Waals surface area contributed by atoms with Crippen molar-refractivity contribution in [2.75, 3.05) is 7.11 Å². The number of fused-ring (bicyclic) bond motifs is 2. The maximum atomic E-state index is 13.7. The maximum Gasteiger partial charge on any atom is 0.337 e. The molecule has 1 aromatic heterocycles. The summed E-state index contributed by atoms with van der Waals surface area (Å²) in [5, 5.41) is 0.852. The zero-order chi connectivity index (χ0) is 21.5. The van der Waals surface area contributed by atoms with Gasteiger partial charge in [-0.2, -0.15) is 0 Å². The second-order valence-electron chi connectivity index (χ2n) is 7.23. The number of carbonyl (C=O) groups excluding carboxylic acids is 1. The molecule has 1 aliphatic heterocycles. The molecule has 0 atom stereocenters. The normalized spacial score (nSPS) is 14.0. The molecule has 0 amide bonds. The van der Waals surface area contributed by atoms with Crippen molar-refractivity contribution in [2.45, 2.75) is 0 Å². The summed E-state index contributed by atoms with van der Waals surface area (Å²) in [6.45, 7) is 0. The molecular formula is C25H17F2N2O2+. The van der Waals surface area contributed by atoms with Crippen LogP contribution < -0.4 is 4.99 Å². The number of nitrogens with one attached hydrogen (secondary N) is 2. The Morgan fingerprint density at radius 2 is 1.65 bits per heavy atom. The van der Waals surface area contributed by atoms with Crippen molar-refractivity contribution in [3.63, 3.8) is 0 Å². The third-order valence-electron chi connectivity index (χ3n) is 5.42. The van der Waals surface area contributed by atoms with Gasteiger partial charge in [0.25, 0.3) is 0 Å². The van der Waals surface area contributed by atoms with Gasteiger partial charge in [-0.05, 0) is 48.0 Å². The van der Waals surface area contributed by atoms with Crippen LogP contribution in [0.15, 0.2) is 66.9 Å². The Hall–Kier alpha value is -4.06. The standard InChI is InChI=1S/C25H16F2N2O2/c1-31-25(30)15-4-2-14(3-5-15)24(20-12-28-22-10-16(26)6-8-18(20)22)21-13-29-23-11-17(27)7-9-19(21)23/h2-13,28H,1H3/p+1/b24-21+. The Labute approximate surface area is 176 Å². The quantitative estimate of drug-likeness (QED) is 0.497. The second kappa shape index (κ2) is 7.32. The fourth-order valence-corrected chi connectivity index (χ4v) is 3.96. The van der Waals surface area contributed by atoms with E-state index in [4.69, 9.17) is 4.74 Å². The minimum absolute atomic E-state index is 0.326. The average molecular weight is 415 g/mol. The van der Waals surface area contributed by atoms with E-state index in [1.807, 2.05) is 24.5 Å². The number of methoxy groups -OCH3 is 1. The first-order valence-corrected chi connectivity index (χ1v) is 9.65. The first-order chi connectivity index (χ1) is 15.0. The van der Waals surface area contributed by atoms with Crippen molar-refractivity contribution < 1.29 is 23.3 Å². The summed E-state index contributed by atoms with van der Waals surface area (Å²) in [4.78, 5) is 18.1. The number of rotatable bonds is 3. The Morgan fingerprint density at radius 3 is 2.42 bits per heavy atom. The van der Waals surface area contributed by atoms with Crippen molar-refractivity contribution >= 4 is 39.9 Å². The molecule has 3 aromatic carbocycles. The molecule has 6 heteroatoms. The highest BCUT2D eigenvalue weighted by Crippen LogP contribution is 2.38. The number of aromatic amines is 1. The molecule has 0 unspecified atom stereocenters. The highest BCUT2D eigenvalue weighted by molar-refractivity contribution is 6.24. The van der Waals surface area contributed by atoms with Gasteiger partial charge in [0, 0.05) is 34.3 Å². The lowest BCUT2D eigenvalue weighted by Gasteiger charge is -2.11. The average Bonchev–Trinajstić information content (AvgIpc) is 3.38. The monoisotopic (exact) mass is 415 g/mol. The SMILES string of the molecule is COC(=O)c1ccc(/C(=C2/C=[NH+]c3cc(F)ccc32)c2c[nH]c3cc(F)ccc23)cc1. The summed E-state index contributed by atoms with van der Waals surface area (Å²) >= 11 is 0. The molecule has 2 heterocycles. The fraction of sp³-hybridized carbons (Fsp3) is 0.0400. The van der Waals surface area contributed by atoms with Crippen LogP contribution in [-0.2, 0) is 4.74 Å². The van der Waals surface area contributed by atoms with Gasteiger partial charge in [0.05, 0.1) is 23.8 Å². The van der Waals surface area contributed by atoms with Gasteiger partial charge in [0.1, 0.15) is 11.6 Å². The van der Waals surface area contributed by atoms with E-state index < -0.39 is 5.97 Å². The molecule has 0 saturated carbocycles. The molecule has 152 valence electrons. The molecule has 2 N–H and O–H groups in total. The smallest absolute Gasteiger partial charge is 0.337 e. The first-order valence-electron chi connectivity index (χ1n) is 9.65. The van der Waals surface area contributed by atoms with Gasteiger partial charge in [0.15, 0.2) is 6.21 Å². The highest BCUT2D eigenvalue weighted by Gasteiger charge is 2.26. The lowest BCUT2D eigenvalue weighted by molar-refractivity contribution is -0.343. The zero-order valence-corrected chi connectivity index (χ0v) is 16.5. The van der Waals surface area contributed by atoms with E-state index in [1.54, 1.807) is 24.3 Å². The Kier molecular flexibility index (Phi) is 4.47. The molecule has 4 nitrogen and oxygen atoms in total. The second-order valence-corrected chi connectivity index (χ2v) is 7.23. The first kappa shape index (κ1) is 18.9. The third-order valence-corrected chi connectivity index (χ3v) is 5.42. The van der Waals surface area contributed by atoms with Crippen LogP contribution in [0.4, 0.5) is 14.5 Å². The van der Waals surface area contributed by atoms with E-state index in [0.717, 1.165) is 33.2 Å². The van der Waals surface area contributed by atoms with Gasteiger partial charge in [-0.3, -0.25) is 0 Å². The molecule has 0 bridgehead atoms. The number of halogens is 2. The molecule has 0 aliphatic carbocycles. The highest BCUT2D eigenvalue weighted by atomic mass is 19.1. The number of hydrogen-bond donors (Lipinski definition) is 2. The summed E-state index contributed by atoms with van der Waals surface area (Å²) in [6, 6.07) is 16.3. The number of carbonyl (C=O) groups is 1. The maximum absolute atomic E-state index is 13.7. The number of esters is 1. The van der Waals surface area contributed by atoms with Crippen LogP contribution in [0.3, 0.4) is 0 Å². The Bertz CT molecular complexity index is 1400. The van der Waals surface area contributed by atoms with Gasteiger partial charge < -0.3 is 9.72 Å². The van der Waals surface area contributed by atoms with Gasteiger partial charge in [0.2, 0.25) is 5.69 Å². The predicted octanol–water partition coefficient (Wildman–Crippen LogP) is 3.99. The fourth-order valence-electron chi connectivity index (χ4n) is 3.96. The third kappa shape index (κ3) is 3.22. The lowest BCUT2D eigenvalue weighted by atomic mass is 9.89. The summed E-state index contributed by atoms with van der Waals surface area (Å²) < 4.78 is 32.3. The number of allylic oxidation sites excluding steroid dienone is 1. The number of ether oxygens (including phenoxy) is 1. The van der Waals surface area contributed by atoms with Gasteiger partial charge in [-0.25, -0.2) is 18.6 Å². The summed E-state index contributed by atoms with van der Waals surface area (Å²) in [6.07, 6.45) is 3.66. The minimum Gasteiger partial charge on any atom is -0.465 e. The van der Waals surface area contributed by atoms with E-state index in [2.05, 4.69) is 9.98 Å². The van der Waals surface area contributed by atoms with E-state index in [9.17, 15) is 13.6 Å². The molecule has 0 saturated heterocycles. The largest absolute Gasteiger partial charge is 0.465 e. The number of benzene rings is 3. The molecule has 0 fully saturated rings. The van der Waals surface area contributed by atoms with Crippen molar-refractivity contribution in [1.82, 2.24) is 4.98 Å². The molecule has 0 spiro atoms. The van der Waals surface area contributed by atoms with Crippen LogP contribution in [0.5, 0.6) is 0 Å². The van der Waals surface area contributed by atoms with Crippen LogP contribution >= 0.6 is 0 Å². The topological polar surface area (TPSA) is 56.1 Å². The molecule has 31 heavy (non-hydrogen) atoms. The predicted molar refractivity (Wildman–Crippen MR) is 115 cm³/mol. The molecule has 4 aromatic rings. The van der Waals surface area contributed by atoms with E-state index >= 15 is 0 Å². The lowest BCUT2D eigenvalue weighted by Crippen LogP contribution is -2.58. The zero-order valence-electron chi connectivity index (χ0n) is 16.5. The van der Waals surface area contributed by atoms with Gasteiger partial charge >= 0.3 is 5.97 Å². The summed E-state index contributed by atoms with van der Waals surface area (Å²) in [5.41, 5.74) is 6.08. The van der Waals surface area contributed by atoms with E-state index in [0.29, 0.717) is 16.8 Å². The minimum atomic E-state index is -0.418. The molecule has 1 aliphatic rings. The molecule has 5 rings (SSSR count). The van der Waals surface area contributed by atoms with Crippen LogP contribution in [0.2, 0.25) is 0 Å². The van der Waals surface area contributed by atoms with Crippen molar-refractivity contribution in [2.24, 2.45) is 0 Å².